The van der Waals surface area contributed by atoms with Gasteiger partial charge in [-0.1, -0.05) is 13.0 Å². The van der Waals surface area contributed by atoms with Crippen LogP contribution in [0.5, 0.6) is 0 Å². The molecule has 2 heterocycles. The van der Waals surface area contributed by atoms with Crippen molar-refractivity contribution < 1.29 is 23.9 Å². The van der Waals surface area contributed by atoms with E-state index in [2.05, 4.69) is 5.32 Å². The van der Waals surface area contributed by atoms with Gasteiger partial charge in [0.15, 0.2) is 5.78 Å². The first kappa shape index (κ1) is 20.8. The monoisotopic (exact) mass is 429 g/mol. The molecule has 0 radical (unpaired) electrons. The second kappa shape index (κ2) is 8.38. The smallest absolute Gasteiger partial charge is 0.337 e. The van der Waals surface area contributed by atoms with Crippen LogP contribution in [0.1, 0.15) is 56.7 Å². The predicted octanol–water partition coefficient (Wildman–Crippen LogP) is 3.85. The van der Waals surface area contributed by atoms with Crippen molar-refractivity contribution in [1.29, 1.82) is 0 Å². The zero-order chi connectivity index (χ0) is 21.4. The minimum Gasteiger partial charge on any atom is -0.468 e. The molecule has 3 aliphatic rings. The second-order valence-corrected chi connectivity index (χ2v) is 9.34. The minimum atomic E-state index is -0.858. The molecule has 1 aromatic rings. The van der Waals surface area contributed by atoms with Crippen LogP contribution in [0.2, 0.25) is 0 Å². The second-order valence-electron chi connectivity index (χ2n) is 8.36. The van der Waals surface area contributed by atoms with E-state index in [1.165, 1.54) is 18.4 Å². The number of Topliss-reactive ketones (excluding diaryl/α,β-unsaturated/α-hetero) is 1. The fourth-order valence-electron chi connectivity index (χ4n) is 4.91. The van der Waals surface area contributed by atoms with Crippen molar-refractivity contribution in [1.82, 2.24) is 5.32 Å². The van der Waals surface area contributed by atoms with E-state index >= 15 is 0 Å². The molecule has 1 fully saturated rings. The van der Waals surface area contributed by atoms with E-state index in [0.29, 0.717) is 23.3 Å². The van der Waals surface area contributed by atoms with Crippen molar-refractivity contribution in [2.45, 2.75) is 58.0 Å². The topological polar surface area (TPSA) is 81.7 Å². The maximum Gasteiger partial charge on any atom is 0.337 e. The number of carbonyl (C=O) groups is 3. The molecule has 3 atom stereocenters. The maximum atomic E-state index is 13.5. The van der Waals surface area contributed by atoms with E-state index in [4.69, 9.17) is 9.47 Å². The number of esters is 2. The molecule has 160 valence electrons. The molecule has 1 aromatic heterocycles. The Morgan fingerprint density at radius 2 is 1.97 bits per heavy atom. The number of hydrogen-bond acceptors (Lipinski definition) is 7. The van der Waals surface area contributed by atoms with Gasteiger partial charge in [0, 0.05) is 21.8 Å². The van der Waals surface area contributed by atoms with Gasteiger partial charge in [-0.25, -0.2) is 4.79 Å². The fourth-order valence-corrected chi connectivity index (χ4v) is 5.76. The van der Waals surface area contributed by atoms with Crippen molar-refractivity contribution >= 4 is 29.1 Å². The minimum absolute atomic E-state index is 0.0675. The number of methoxy groups -OCH3 is 1. The SMILES string of the molecule is COC(=O)[C@H]1C(=O)C2=C(C[C@@H]1C)NC(C)=C(C(=O)OC1CCCC1)[C@H]2c1cccs1. The molecule has 6 nitrogen and oxygen atoms in total. The number of allylic oxidation sites excluding steroid dienone is 3. The number of ketones is 1. The molecular formula is C23H27NO5S. The van der Waals surface area contributed by atoms with Gasteiger partial charge in [-0.2, -0.15) is 0 Å². The van der Waals surface area contributed by atoms with Crippen LogP contribution < -0.4 is 5.32 Å². The third-order valence-electron chi connectivity index (χ3n) is 6.37. The summed E-state index contributed by atoms with van der Waals surface area (Å²) in [6, 6.07) is 3.84. The van der Waals surface area contributed by atoms with Gasteiger partial charge in [-0.05, 0) is 56.4 Å². The zero-order valence-electron chi connectivity index (χ0n) is 17.5. The third-order valence-corrected chi connectivity index (χ3v) is 7.30. The molecule has 0 amide bonds. The van der Waals surface area contributed by atoms with Gasteiger partial charge in [-0.15, -0.1) is 11.3 Å². The molecule has 1 aliphatic heterocycles. The standard InChI is InChI=1S/C23H27NO5S/c1-12-11-15-19(21(25)17(12)22(26)28-3)20(16-9-6-10-30-16)18(13(2)24-15)23(27)29-14-7-4-5-8-14/h6,9-10,12,14,17,20,24H,4-5,7-8,11H2,1-3H3/t12-,17+,20+/m0/s1. The molecule has 0 saturated heterocycles. The van der Waals surface area contributed by atoms with E-state index in [0.717, 1.165) is 36.3 Å². The quantitative estimate of drug-likeness (QED) is 0.578. The van der Waals surface area contributed by atoms with E-state index in [1.807, 2.05) is 31.4 Å². The van der Waals surface area contributed by atoms with Gasteiger partial charge in [-0.3, -0.25) is 9.59 Å². The van der Waals surface area contributed by atoms with Crippen molar-refractivity contribution in [2.75, 3.05) is 7.11 Å². The van der Waals surface area contributed by atoms with Crippen LogP contribution in [0.4, 0.5) is 0 Å². The summed E-state index contributed by atoms with van der Waals surface area (Å²) in [6.07, 6.45) is 4.37. The largest absolute Gasteiger partial charge is 0.468 e. The van der Waals surface area contributed by atoms with Crippen LogP contribution in [0.3, 0.4) is 0 Å². The molecular weight excluding hydrogens is 402 g/mol. The highest BCUT2D eigenvalue weighted by molar-refractivity contribution is 7.10. The summed E-state index contributed by atoms with van der Waals surface area (Å²) in [5.41, 5.74) is 2.47. The Morgan fingerprint density at radius 1 is 1.23 bits per heavy atom. The van der Waals surface area contributed by atoms with Crippen LogP contribution >= 0.6 is 11.3 Å². The number of ether oxygens (including phenoxy) is 2. The Morgan fingerprint density at radius 3 is 2.60 bits per heavy atom. The van der Waals surface area contributed by atoms with Gasteiger partial charge >= 0.3 is 11.9 Å². The highest BCUT2D eigenvalue weighted by Crippen LogP contribution is 2.46. The van der Waals surface area contributed by atoms with E-state index < -0.39 is 17.8 Å². The molecule has 0 aromatic carbocycles. The molecule has 7 heteroatoms. The Labute approximate surface area is 180 Å². The lowest BCUT2D eigenvalue weighted by Gasteiger charge is -2.38. The van der Waals surface area contributed by atoms with Gasteiger partial charge in [0.25, 0.3) is 0 Å². The molecule has 0 bridgehead atoms. The average molecular weight is 430 g/mol. The number of rotatable bonds is 4. The summed E-state index contributed by atoms with van der Waals surface area (Å²) >= 11 is 1.50. The zero-order valence-corrected chi connectivity index (χ0v) is 18.3. The number of hydrogen-bond donors (Lipinski definition) is 1. The lowest BCUT2D eigenvalue weighted by atomic mass is 9.70. The van der Waals surface area contributed by atoms with Crippen molar-refractivity contribution in [2.24, 2.45) is 11.8 Å². The van der Waals surface area contributed by atoms with Gasteiger partial charge < -0.3 is 14.8 Å². The molecule has 2 aliphatic carbocycles. The number of carbonyl (C=O) groups excluding carboxylic acids is 3. The Bertz CT molecular complexity index is 923. The normalized spacial score (nSPS) is 27.0. The predicted molar refractivity (Wildman–Crippen MR) is 113 cm³/mol. The number of thiophene rings is 1. The average Bonchev–Trinajstić information content (AvgIpc) is 3.40. The Hall–Kier alpha value is -2.41. The summed E-state index contributed by atoms with van der Waals surface area (Å²) in [4.78, 5) is 40.0. The van der Waals surface area contributed by atoms with Crippen molar-refractivity contribution in [3.63, 3.8) is 0 Å². The summed E-state index contributed by atoms with van der Waals surface area (Å²) in [5.74, 6) is -2.73. The van der Waals surface area contributed by atoms with Crippen LogP contribution in [0.25, 0.3) is 0 Å². The third kappa shape index (κ3) is 3.60. The maximum absolute atomic E-state index is 13.5. The van der Waals surface area contributed by atoms with Crippen LogP contribution in [-0.2, 0) is 23.9 Å². The lowest BCUT2D eigenvalue weighted by molar-refractivity contribution is -0.151. The molecule has 1 N–H and O–H groups in total. The summed E-state index contributed by atoms with van der Waals surface area (Å²) in [5, 5.41) is 5.23. The molecule has 30 heavy (non-hydrogen) atoms. The van der Waals surface area contributed by atoms with Gasteiger partial charge in [0.1, 0.15) is 12.0 Å². The summed E-state index contributed by atoms with van der Waals surface area (Å²) < 4.78 is 10.7. The van der Waals surface area contributed by atoms with Gasteiger partial charge in [0.2, 0.25) is 0 Å². The number of dihydropyridines is 1. The van der Waals surface area contributed by atoms with Crippen LogP contribution in [0.15, 0.2) is 40.1 Å². The lowest BCUT2D eigenvalue weighted by Crippen LogP contribution is -2.43. The first-order chi connectivity index (χ1) is 14.4. The Kier molecular flexibility index (Phi) is 5.82. The summed E-state index contributed by atoms with van der Waals surface area (Å²) in [6.45, 7) is 3.74. The highest BCUT2D eigenvalue weighted by atomic mass is 32.1. The van der Waals surface area contributed by atoms with Crippen LogP contribution in [-0.4, -0.2) is 30.9 Å². The number of nitrogens with one attached hydrogen (secondary N) is 1. The fraction of sp³-hybridized carbons (Fsp3) is 0.522. The molecule has 1 saturated carbocycles. The molecule has 4 rings (SSSR count). The Balaban J connectivity index is 1.76. The first-order valence-electron chi connectivity index (χ1n) is 10.5. The van der Waals surface area contributed by atoms with E-state index in [1.54, 1.807) is 0 Å². The van der Waals surface area contributed by atoms with Crippen molar-refractivity contribution in [3.05, 3.63) is 44.9 Å². The van der Waals surface area contributed by atoms with E-state index in [-0.39, 0.29) is 23.8 Å². The van der Waals surface area contributed by atoms with Crippen molar-refractivity contribution in [3.8, 4) is 0 Å². The highest BCUT2D eigenvalue weighted by Gasteiger charge is 2.47. The molecule has 0 unspecified atom stereocenters. The first-order valence-corrected chi connectivity index (χ1v) is 11.4. The molecule has 0 spiro atoms. The van der Waals surface area contributed by atoms with Gasteiger partial charge in [0.05, 0.1) is 18.6 Å². The van der Waals surface area contributed by atoms with Crippen LogP contribution in [0, 0.1) is 11.8 Å². The summed E-state index contributed by atoms with van der Waals surface area (Å²) in [7, 11) is 1.30. The van der Waals surface area contributed by atoms with E-state index in [9.17, 15) is 14.4 Å².